The van der Waals surface area contributed by atoms with Crippen LogP contribution in [0.2, 0.25) is 19.6 Å². The van der Waals surface area contributed by atoms with E-state index in [2.05, 4.69) is 33.5 Å². The first-order valence-corrected chi connectivity index (χ1v) is 13.4. The summed E-state index contributed by atoms with van der Waals surface area (Å²) in [6, 6.07) is 7.60. The van der Waals surface area contributed by atoms with E-state index in [9.17, 15) is 4.79 Å². The Hall–Kier alpha value is -1.92. The molecule has 5 nitrogen and oxygen atoms in total. The molecule has 0 saturated heterocycles. The van der Waals surface area contributed by atoms with Gasteiger partial charge < -0.3 is 14.2 Å². The van der Waals surface area contributed by atoms with Gasteiger partial charge in [0.2, 0.25) is 5.78 Å². The number of hydrogen-bond donors (Lipinski definition) is 0. The molecule has 0 spiro atoms. The second-order valence-electron chi connectivity index (χ2n) is 8.71. The maximum absolute atomic E-state index is 13.7. The Bertz CT molecular complexity index is 790. The number of hydrogen-bond acceptors (Lipinski definition) is 5. The number of ketones is 1. The molecule has 1 aliphatic rings. The second-order valence-corrected chi connectivity index (χ2v) is 13.1. The second kappa shape index (κ2) is 8.21. The summed E-state index contributed by atoms with van der Waals surface area (Å²) in [5.74, 6) is 0.868. The summed E-state index contributed by atoms with van der Waals surface area (Å²) in [7, 11) is 5.97. The van der Waals surface area contributed by atoms with Crippen LogP contribution in [0.1, 0.15) is 37.0 Å². The molecular weight excluding hydrogens is 366 g/mol. The Morgan fingerprint density at radius 3 is 2.04 bits per heavy atom. The van der Waals surface area contributed by atoms with Gasteiger partial charge in [0, 0.05) is 33.8 Å². The van der Waals surface area contributed by atoms with Gasteiger partial charge in [0.1, 0.15) is 5.82 Å². The summed E-state index contributed by atoms with van der Waals surface area (Å²) >= 11 is 0. The SMILES string of the molecule is CCC(CC)(O[Si](C)(C)C)C1=Nc2ccccc2C(=O)C1=C(N(C)C)N(C)C. The summed E-state index contributed by atoms with van der Waals surface area (Å²) in [5, 5.41) is 0. The van der Waals surface area contributed by atoms with Crippen LogP contribution in [-0.4, -0.2) is 63.4 Å². The minimum atomic E-state index is -1.89. The number of nitrogens with zero attached hydrogens (tertiary/aromatic N) is 3. The topological polar surface area (TPSA) is 45.1 Å². The van der Waals surface area contributed by atoms with Gasteiger partial charge in [-0.1, -0.05) is 26.0 Å². The predicted molar refractivity (Wildman–Crippen MR) is 120 cm³/mol. The highest BCUT2D eigenvalue weighted by Gasteiger charge is 2.44. The van der Waals surface area contributed by atoms with Crippen molar-refractivity contribution in [2.75, 3.05) is 28.2 Å². The number of para-hydroxylation sites is 1. The van der Waals surface area contributed by atoms with Crippen molar-refractivity contribution < 1.29 is 9.22 Å². The molecule has 1 aliphatic heterocycles. The maximum atomic E-state index is 13.7. The molecule has 0 radical (unpaired) electrons. The number of rotatable bonds is 7. The van der Waals surface area contributed by atoms with Crippen LogP contribution in [0.15, 0.2) is 40.7 Å². The molecule has 0 aliphatic carbocycles. The smallest absolute Gasteiger partial charge is 0.200 e. The first-order chi connectivity index (χ1) is 13.0. The Kier molecular flexibility index (Phi) is 6.56. The Labute approximate surface area is 171 Å². The van der Waals surface area contributed by atoms with Gasteiger partial charge in [0.25, 0.3) is 0 Å². The van der Waals surface area contributed by atoms with Crippen molar-refractivity contribution in [3.63, 3.8) is 0 Å². The van der Waals surface area contributed by atoms with Crippen molar-refractivity contribution in [3.05, 3.63) is 41.2 Å². The normalized spacial score (nSPS) is 14.5. The molecule has 0 bridgehead atoms. The lowest BCUT2D eigenvalue weighted by Crippen LogP contribution is -2.51. The fourth-order valence-electron chi connectivity index (χ4n) is 3.93. The van der Waals surface area contributed by atoms with E-state index < -0.39 is 13.9 Å². The lowest BCUT2D eigenvalue weighted by atomic mass is 9.81. The van der Waals surface area contributed by atoms with Crippen LogP contribution in [0.4, 0.5) is 5.69 Å². The van der Waals surface area contributed by atoms with Crippen molar-refractivity contribution >= 4 is 25.5 Å². The van der Waals surface area contributed by atoms with Crippen molar-refractivity contribution in [1.29, 1.82) is 0 Å². The number of benzene rings is 1. The van der Waals surface area contributed by atoms with Crippen LogP contribution in [0.3, 0.4) is 0 Å². The first-order valence-electron chi connectivity index (χ1n) is 9.99. The molecule has 0 atom stereocenters. The number of aliphatic imine (C=N–C) groups is 1. The van der Waals surface area contributed by atoms with Crippen molar-refractivity contribution in [2.45, 2.75) is 51.9 Å². The molecule has 0 amide bonds. The van der Waals surface area contributed by atoms with Crippen LogP contribution in [0.5, 0.6) is 0 Å². The fourth-order valence-corrected chi connectivity index (χ4v) is 5.49. The summed E-state index contributed by atoms with van der Waals surface area (Å²) in [4.78, 5) is 22.7. The van der Waals surface area contributed by atoms with Gasteiger partial charge in [-0.25, -0.2) is 4.99 Å². The van der Waals surface area contributed by atoms with Crippen molar-refractivity contribution in [2.24, 2.45) is 4.99 Å². The van der Waals surface area contributed by atoms with E-state index in [-0.39, 0.29) is 5.78 Å². The van der Waals surface area contributed by atoms with E-state index in [1.807, 2.05) is 62.3 Å². The first kappa shape index (κ1) is 22.4. The van der Waals surface area contributed by atoms with Crippen LogP contribution in [0, 0.1) is 0 Å². The zero-order chi connectivity index (χ0) is 21.3. The largest absolute Gasteiger partial charge is 0.407 e. The van der Waals surface area contributed by atoms with Gasteiger partial charge in [-0.2, -0.15) is 0 Å². The molecule has 1 aromatic carbocycles. The minimum Gasteiger partial charge on any atom is -0.407 e. The predicted octanol–water partition coefficient (Wildman–Crippen LogP) is 4.70. The van der Waals surface area contributed by atoms with E-state index in [0.29, 0.717) is 11.1 Å². The molecular formula is C22H35N3O2Si. The third-order valence-corrected chi connectivity index (χ3v) is 5.99. The van der Waals surface area contributed by atoms with Crippen LogP contribution in [-0.2, 0) is 4.43 Å². The lowest BCUT2D eigenvalue weighted by molar-refractivity contribution is 0.101. The molecule has 0 unspecified atom stereocenters. The minimum absolute atomic E-state index is 0.0171. The van der Waals surface area contributed by atoms with E-state index in [4.69, 9.17) is 9.42 Å². The molecule has 0 aromatic heterocycles. The molecule has 0 fully saturated rings. The van der Waals surface area contributed by atoms with Crippen LogP contribution >= 0.6 is 0 Å². The van der Waals surface area contributed by atoms with E-state index >= 15 is 0 Å². The molecule has 28 heavy (non-hydrogen) atoms. The molecule has 154 valence electrons. The fraction of sp³-hybridized carbons (Fsp3) is 0.545. The van der Waals surface area contributed by atoms with Gasteiger partial charge >= 0.3 is 0 Å². The standard InChI is InChI=1S/C22H35N3O2Si/c1-10-22(11-2,27-28(7,8)9)20-18(21(24(3)4)25(5)6)19(26)16-14-12-13-15-17(16)23-20/h12-15H,10-11H2,1-9H3. The van der Waals surface area contributed by atoms with Gasteiger partial charge in [-0.15, -0.1) is 0 Å². The molecule has 0 saturated carbocycles. The molecule has 1 heterocycles. The van der Waals surface area contributed by atoms with E-state index in [0.717, 1.165) is 30.1 Å². The third kappa shape index (κ3) is 4.23. The maximum Gasteiger partial charge on any atom is 0.200 e. The molecule has 1 aromatic rings. The highest BCUT2D eigenvalue weighted by molar-refractivity contribution is 6.70. The number of carbonyl (C=O) groups is 1. The number of carbonyl (C=O) groups excluding carboxylic acids is 1. The van der Waals surface area contributed by atoms with Gasteiger partial charge in [-0.05, 0) is 44.6 Å². The van der Waals surface area contributed by atoms with Gasteiger partial charge in [0.05, 0.1) is 22.6 Å². The average Bonchev–Trinajstić information content (AvgIpc) is 2.60. The zero-order valence-corrected chi connectivity index (χ0v) is 19.9. The third-order valence-electron chi connectivity index (χ3n) is 4.99. The quantitative estimate of drug-likeness (QED) is 0.491. The summed E-state index contributed by atoms with van der Waals surface area (Å²) < 4.78 is 6.75. The number of Topliss-reactive ketones (excluding diaryl/α,β-unsaturated/α-hetero) is 1. The lowest BCUT2D eigenvalue weighted by Gasteiger charge is -2.42. The Morgan fingerprint density at radius 1 is 1.04 bits per heavy atom. The summed E-state index contributed by atoms with van der Waals surface area (Å²) in [6.07, 6.45) is 1.53. The summed E-state index contributed by atoms with van der Waals surface area (Å²) in [5.41, 5.74) is 2.21. The van der Waals surface area contributed by atoms with Crippen LogP contribution in [0.25, 0.3) is 0 Å². The Morgan fingerprint density at radius 2 is 1.57 bits per heavy atom. The molecule has 6 heteroatoms. The number of fused-ring (bicyclic) bond motifs is 1. The zero-order valence-electron chi connectivity index (χ0n) is 18.9. The van der Waals surface area contributed by atoms with Gasteiger partial charge in [-0.3, -0.25) is 4.79 Å². The van der Waals surface area contributed by atoms with Gasteiger partial charge in [0.15, 0.2) is 8.32 Å². The van der Waals surface area contributed by atoms with E-state index in [1.165, 1.54) is 0 Å². The van der Waals surface area contributed by atoms with Crippen LogP contribution < -0.4 is 0 Å². The average molecular weight is 402 g/mol. The van der Waals surface area contributed by atoms with Crippen molar-refractivity contribution in [3.8, 4) is 0 Å². The van der Waals surface area contributed by atoms with E-state index in [1.54, 1.807) is 0 Å². The Balaban J connectivity index is 2.90. The molecule has 0 N–H and O–H groups in total. The van der Waals surface area contributed by atoms with Crippen molar-refractivity contribution in [1.82, 2.24) is 9.80 Å². The summed E-state index contributed by atoms with van der Waals surface area (Å²) in [6.45, 7) is 10.8. The highest BCUT2D eigenvalue weighted by Crippen LogP contribution is 2.39. The molecule has 2 rings (SSSR count). The monoisotopic (exact) mass is 401 g/mol. The highest BCUT2D eigenvalue weighted by atomic mass is 28.4.